The maximum Gasteiger partial charge on any atom is 0.242 e. The van der Waals surface area contributed by atoms with Crippen molar-refractivity contribution in [2.75, 3.05) is 19.4 Å². The summed E-state index contributed by atoms with van der Waals surface area (Å²) in [4.78, 5) is 14.1. The zero-order valence-electron chi connectivity index (χ0n) is 19.5. The molecule has 0 aliphatic rings. The Hall–Kier alpha value is -3.00. The molecule has 1 amide bonds. The minimum atomic E-state index is -3.51. The Morgan fingerprint density at radius 3 is 2.18 bits per heavy atom. The monoisotopic (exact) mass is 465 g/mol. The van der Waals surface area contributed by atoms with Gasteiger partial charge >= 0.3 is 0 Å². The molecule has 0 fully saturated rings. The van der Waals surface area contributed by atoms with E-state index in [0.717, 1.165) is 16.8 Å². The standard InChI is InChI=1S/C26H31N3O3S/c1-20(24-13-9-14-25(17-24)27-21(2)30)29(18-22-10-6-5-7-11-22)19-23-12-8-15-26(16-23)33(31,32)28(3)4/h5-17,20H,18-19H2,1-4H3,(H,27,30)/t20-/m0/s1. The topological polar surface area (TPSA) is 69.7 Å². The maximum atomic E-state index is 12.6. The number of anilines is 1. The average Bonchev–Trinajstić information content (AvgIpc) is 2.78. The molecule has 3 aromatic rings. The summed E-state index contributed by atoms with van der Waals surface area (Å²) in [6, 6.07) is 25.1. The van der Waals surface area contributed by atoms with E-state index in [1.165, 1.54) is 30.9 Å². The third-order valence-electron chi connectivity index (χ3n) is 5.53. The van der Waals surface area contributed by atoms with Gasteiger partial charge in [-0.2, -0.15) is 0 Å². The van der Waals surface area contributed by atoms with E-state index in [0.29, 0.717) is 13.1 Å². The van der Waals surface area contributed by atoms with E-state index in [-0.39, 0.29) is 16.8 Å². The number of carbonyl (C=O) groups excluding carboxylic acids is 1. The Labute approximate surface area is 196 Å². The number of hydrogen-bond donors (Lipinski definition) is 1. The van der Waals surface area contributed by atoms with Crippen molar-refractivity contribution in [2.45, 2.75) is 37.9 Å². The molecular weight excluding hydrogens is 434 g/mol. The van der Waals surface area contributed by atoms with E-state index in [1.807, 2.05) is 48.5 Å². The first-order valence-corrected chi connectivity index (χ1v) is 12.3. The van der Waals surface area contributed by atoms with Gasteiger partial charge in [-0.3, -0.25) is 9.69 Å². The van der Waals surface area contributed by atoms with Gasteiger partial charge in [0.05, 0.1) is 4.90 Å². The van der Waals surface area contributed by atoms with E-state index in [4.69, 9.17) is 0 Å². The number of hydrogen-bond acceptors (Lipinski definition) is 4. The smallest absolute Gasteiger partial charge is 0.242 e. The highest BCUT2D eigenvalue weighted by Crippen LogP contribution is 2.27. The van der Waals surface area contributed by atoms with Crippen LogP contribution >= 0.6 is 0 Å². The molecule has 3 aromatic carbocycles. The number of benzene rings is 3. The zero-order valence-corrected chi connectivity index (χ0v) is 20.3. The van der Waals surface area contributed by atoms with Gasteiger partial charge in [-0.1, -0.05) is 54.6 Å². The Morgan fingerprint density at radius 2 is 1.52 bits per heavy atom. The first-order valence-electron chi connectivity index (χ1n) is 10.8. The molecule has 0 aliphatic carbocycles. The zero-order chi connectivity index (χ0) is 24.0. The van der Waals surface area contributed by atoms with Crippen LogP contribution < -0.4 is 5.32 Å². The van der Waals surface area contributed by atoms with Gasteiger partial charge in [0, 0.05) is 45.8 Å². The molecule has 6 nitrogen and oxygen atoms in total. The lowest BCUT2D eigenvalue weighted by Gasteiger charge is -2.30. The lowest BCUT2D eigenvalue weighted by atomic mass is 10.0. The summed E-state index contributed by atoms with van der Waals surface area (Å²) < 4.78 is 26.5. The fourth-order valence-electron chi connectivity index (χ4n) is 3.69. The van der Waals surface area contributed by atoms with Crippen molar-refractivity contribution in [1.29, 1.82) is 0 Å². The second-order valence-corrected chi connectivity index (χ2v) is 10.5. The number of carbonyl (C=O) groups is 1. The Morgan fingerprint density at radius 1 is 0.879 bits per heavy atom. The summed E-state index contributed by atoms with van der Waals surface area (Å²) in [7, 11) is -0.438. The lowest BCUT2D eigenvalue weighted by Crippen LogP contribution is -2.27. The number of nitrogens with zero attached hydrogens (tertiary/aromatic N) is 2. The molecule has 0 aromatic heterocycles. The first kappa shape index (κ1) is 24.6. The summed E-state index contributed by atoms with van der Waals surface area (Å²) in [6.07, 6.45) is 0. The van der Waals surface area contributed by atoms with Gasteiger partial charge in [0.25, 0.3) is 0 Å². The van der Waals surface area contributed by atoms with Crippen molar-refractivity contribution >= 4 is 21.6 Å². The van der Waals surface area contributed by atoms with Gasteiger partial charge in [0.1, 0.15) is 0 Å². The SMILES string of the molecule is CC(=O)Nc1cccc([C@H](C)N(Cc2ccccc2)Cc2cccc(S(=O)(=O)N(C)C)c2)c1. The van der Waals surface area contributed by atoms with Gasteiger partial charge in [-0.05, 0) is 47.9 Å². The van der Waals surface area contributed by atoms with Crippen LogP contribution in [0, 0.1) is 0 Å². The molecule has 0 bridgehead atoms. The first-order chi connectivity index (χ1) is 15.7. The molecule has 0 saturated heterocycles. The van der Waals surface area contributed by atoms with Gasteiger partial charge in [-0.15, -0.1) is 0 Å². The van der Waals surface area contributed by atoms with Crippen LogP contribution in [0.1, 0.15) is 36.6 Å². The Kier molecular flexibility index (Phi) is 8.02. The van der Waals surface area contributed by atoms with E-state index in [2.05, 4.69) is 29.3 Å². The van der Waals surface area contributed by atoms with Crippen LogP contribution in [0.25, 0.3) is 0 Å². The summed E-state index contributed by atoms with van der Waals surface area (Å²) in [5, 5.41) is 2.84. The van der Waals surface area contributed by atoms with Crippen LogP contribution in [0.3, 0.4) is 0 Å². The normalized spacial score (nSPS) is 12.7. The van der Waals surface area contributed by atoms with Crippen LogP contribution in [-0.4, -0.2) is 37.6 Å². The molecule has 3 rings (SSSR count). The summed E-state index contributed by atoms with van der Waals surface area (Å²) >= 11 is 0. The largest absolute Gasteiger partial charge is 0.326 e. The van der Waals surface area contributed by atoms with Gasteiger partial charge in [0.15, 0.2) is 0 Å². The second-order valence-electron chi connectivity index (χ2n) is 8.31. The van der Waals surface area contributed by atoms with Crippen LogP contribution in [0.5, 0.6) is 0 Å². The van der Waals surface area contributed by atoms with Gasteiger partial charge in [0.2, 0.25) is 15.9 Å². The van der Waals surface area contributed by atoms with Crippen LogP contribution in [0.4, 0.5) is 5.69 Å². The highest BCUT2D eigenvalue weighted by molar-refractivity contribution is 7.89. The molecule has 0 saturated carbocycles. The molecule has 1 N–H and O–H groups in total. The number of sulfonamides is 1. The van der Waals surface area contributed by atoms with E-state index in [9.17, 15) is 13.2 Å². The van der Waals surface area contributed by atoms with Crippen LogP contribution in [0.15, 0.2) is 83.8 Å². The predicted molar refractivity (Wildman–Crippen MR) is 132 cm³/mol. The highest BCUT2D eigenvalue weighted by Gasteiger charge is 2.20. The minimum Gasteiger partial charge on any atom is -0.326 e. The Bertz CT molecular complexity index is 1190. The summed E-state index contributed by atoms with van der Waals surface area (Å²) in [5.41, 5.74) is 3.90. The molecule has 0 aliphatic heterocycles. The fraction of sp³-hybridized carbons (Fsp3) is 0.269. The van der Waals surface area contributed by atoms with E-state index >= 15 is 0 Å². The van der Waals surface area contributed by atoms with Crippen molar-refractivity contribution in [2.24, 2.45) is 0 Å². The number of rotatable bonds is 9. The molecule has 0 unspecified atom stereocenters. The second kappa shape index (κ2) is 10.7. The molecule has 7 heteroatoms. The predicted octanol–water partition coefficient (Wildman–Crippen LogP) is 4.66. The van der Waals surface area contributed by atoms with Crippen LogP contribution in [0.2, 0.25) is 0 Å². The Balaban J connectivity index is 1.93. The number of amides is 1. The summed E-state index contributed by atoms with van der Waals surface area (Å²) in [5.74, 6) is -0.111. The third kappa shape index (κ3) is 6.51. The molecule has 0 spiro atoms. The molecular formula is C26H31N3O3S. The lowest BCUT2D eigenvalue weighted by molar-refractivity contribution is -0.114. The highest BCUT2D eigenvalue weighted by atomic mass is 32.2. The molecule has 174 valence electrons. The van der Waals surface area contributed by atoms with Crippen molar-refractivity contribution in [3.05, 3.63) is 95.6 Å². The van der Waals surface area contributed by atoms with Crippen molar-refractivity contribution in [3.8, 4) is 0 Å². The fourth-order valence-corrected chi connectivity index (χ4v) is 4.66. The van der Waals surface area contributed by atoms with Crippen molar-refractivity contribution in [1.82, 2.24) is 9.21 Å². The third-order valence-corrected chi connectivity index (χ3v) is 7.34. The quantitative estimate of drug-likeness (QED) is 0.499. The molecule has 1 atom stereocenters. The van der Waals surface area contributed by atoms with Crippen molar-refractivity contribution in [3.63, 3.8) is 0 Å². The van der Waals surface area contributed by atoms with E-state index in [1.54, 1.807) is 18.2 Å². The summed E-state index contributed by atoms with van der Waals surface area (Å²) in [6.45, 7) is 4.87. The molecule has 0 heterocycles. The maximum absolute atomic E-state index is 12.6. The average molecular weight is 466 g/mol. The van der Waals surface area contributed by atoms with Gasteiger partial charge < -0.3 is 5.32 Å². The molecule has 33 heavy (non-hydrogen) atoms. The number of nitrogens with one attached hydrogen (secondary N) is 1. The minimum absolute atomic E-state index is 0.0213. The van der Waals surface area contributed by atoms with E-state index < -0.39 is 10.0 Å². The van der Waals surface area contributed by atoms with Crippen molar-refractivity contribution < 1.29 is 13.2 Å². The van der Waals surface area contributed by atoms with Gasteiger partial charge in [-0.25, -0.2) is 12.7 Å². The van der Waals surface area contributed by atoms with Crippen LogP contribution in [-0.2, 0) is 27.9 Å². The molecule has 0 radical (unpaired) electrons.